The molecule has 2 aromatic heterocycles. The lowest BCUT2D eigenvalue weighted by Crippen LogP contribution is -1.97. The van der Waals surface area contributed by atoms with Crippen LogP contribution in [0.15, 0.2) is 132 Å². The number of benzene rings is 6. The van der Waals surface area contributed by atoms with Crippen LogP contribution in [0.5, 0.6) is 0 Å². The molecule has 194 valence electrons. The van der Waals surface area contributed by atoms with Gasteiger partial charge in [0.15, 0.2) is 0 Å². The Bertz CT molecular complexity index is 2250. The molecule has 0 saturated carbocycles. The summed E-state index contributed by atoms with van der Waals surface area (Å²) in [6.07, 6.45) is 0. The van der Waals surface area contributed by atoms with Crippen LogP contribution in [0, 0.1) is 0 Å². The number of para-hydroxylation sites is 3. The fourth-order valence-corrected chi connectivity index (χ4v) is 6.69. The Hall–Kier alpha value is -5.12. The zero-order valence-electron chi connectivity index (χ0n) is 22.3. The molecule has 6 aromatic carbocycles. The van der Waals surface area contributed by atoms with Crippen molar-refractivity contribution in [3.8, 4) is 27.9 Å². The van der Waals surface area contributed by atoms with Gasteiger partial charge in [-0.2, -0.15) is 0 Å². The Morgan fingerprint density at radius 2 is 1.12 bits per heavy atom. The highest BCUT2D eigenvalue weighted by atomic mass is 16.5. The molecule has 3 heteroatoms. The number of ether oxygens (including phenoxy) is 1. The Morgan fingerprint density at radius 3 is 1.90 bits per heavy atom. The number of fused-ring (bicyclic) bond motifs is 9. The van der Waals surface area contributed by atoms with Crippen LogP contribution in [0.25, 0.3) is 71.7 Å². The van der Waals surface area contributed by atoms with Crippen LogP contribution < -0.4 is 0 Å². The van der Waals surface area contributed by atoms with Gasteiger partial charge in [0, 0.05) is 27.2 Å². The van der Waals surface area contributed by atoms with Gasteiger partial charge < -0.3 is 13.7 Å². The monoisotopic (exact) mass is 527 g/mol. The van der Waals surface area contributed by atoms with E-state index in [1.54, 1.807) is 0 Å². The van der Waals surface area contributed by atoms with Crippen molar-refractivity contribution >= 4 is 43.7 Å². The first-order valence-corrected chi connectivity index (χ1v) is 14.1. The van der Waals surface area contributed by atoms with Crippen molar-refractivity contribution < 1.29 is 9.15 Å². The second kappa shape index (κ2) is 8.69. The van der Waals surface area contributed by atoms with E-state index in [9.17, 15) is 0 Å². The molecule has 0 N–H and O–H groups in total. The third kappa shape index (κ3) is 3.36. The van der Waals surface area contributed by atoms with Crippen LogP contribution in [0.4, 0.5) is 0 Å². The normalized spacial score (nSPS) is 13.1. The summed E-state index contributed by atoms with van der Waals surface area (Å²) in [6, 6.07) is 45.6. The van der Waals surface area contributed by atoms with Crippen molar-refractivity contribution in [1.29, 1.82) is 0 Å². The van der Waals surface area contributed by atoms with E-state index in [1.165, 1.54) is 55.2 Å². The highest BCUT2D eigenvalue weighted by Crippen LogP contribution is 2.41. The fourth-order valence-electron chi connectivity index (χ4n) is 6.69. The van der Waals surface area contributed by atoms with Crippen LogP contribution in [-0.2, 0) is 18.0 Å². The molecule has 0 unspecified atom stereocenters. The number of hydrogen-bond donors (Lipinski definition) is 0. The molecule has 0 fully saturated rings. The van der Waals surface area contributed by atoms with E-state index in [0.717, 1.165) is 27.6 Å². The minimum atomic E-state index is 0.591. The molecule has 0 spiro atoms. The second-order valence-electron chi connectivity index (χ2n) is 10.9. The molecule has 9 rings (SSSR count). The molecular formula is C38H25NO2. The summed E-state index contributed by atoms with van der Waals surface area (Å²) in [6.45, 7) is 1.18. The molecule has 3 heterocycles. The topological polar surface area (TPSA) is 27.3 Å². The van der Waals surface area contributed by atoms with Gasteiger partial charge in [0.25, 0.3) is 0 Å². The van der Waals surface area contributed by atoms with E-state index in [-0.39, 0.29) is 0 Å². The maximum absolute atomic E-state index is 6.21. The number of aromatic nitrogens is 1. The van der Waals surface area contributed by atoms with E-state index < -0.39 is 0 Å². The Morgan fingerprint density at radius 1 is 0.488 bits per heavy atom. The molecule has 0 radical (unpaired) electrons. The van der Waals surface area contributed by atoms with Gasteiger partial charge in [-0.15, -0.1) is 0 Å². The number of rotatable bonds is 2. The fraction of sp³-hybridized carbons (Fsp3) is 0.0526. The number of nitrogens with zero attached hydrogens (tertiary/aromatic N) is 1. The van der Waals surface area contributed by atoms with Gasteiger partial charge in [0.2, 0.25) is 0 Å². The van der Waals surface area contributed by atoms with Gasteiger partial charge >= 0.3 is 0 Å². The van der Waals surface area contributed by atoms with Crippen molar-refractivity contribution in [2.24, 2.45) is 0 Å². The molecule has 0 amide bonds. The van der Waals surface area contributed by atoms with Gasteiger partial charge in [0.05, 0.1) is 24.2 Å². The van der Waals surface area contributed by atoms with Gasteiger partial charge in [-0.25, -0.2) is 0 Å². The lowest BCUT2D eigenvalue weighted by molar-refractivity contribution is 0.110. The average Bonchev–Trinajstić information content (AvgIpc) is 3.51. The van der Waals surface area contributed by atoms with Crippen LogP contribution >= 0.6 is 0 Å². The summed E-state index contributed by atoms with van der Waals surface area (Å²) >= 11 is 0. The van der Waals surface area contributed by atoms with Gasteiger partial charge in [-0.05, 0) is 75.8 Å². The maximum Gasteiger partial charge on any atom is 0.136 e. The summed E-state index contributed by atoms with van der Waals surface area (Å²) in [7, 11) is 0. The molecule has 0 atom stereocenters. The second-order valence-corrected chi connectivity index (χ2v) is 10.9. The lowest BCUT2D eigenvalue weighted by atomic mass is 9.91. The Kier molecular flexibility index (Phi) is 4.80. The van der Waals surface area contributed by atoms with Crippen LogP contribution in [-0.4, -0.2) is 4.57 Å². The SMILES string of the molecule is c1ccc2c(c1)oc1cccc(-c3ccc4c(c3)-c3cc(-n5c6ccccc6c6ccccc65)ccc3COC4)c12. The van der Waals surface area contributed by atoms with Crippen LogP contribution in [0.1, 0.15) is 11.1 Å². The first kappa shape index (κ1) is 22.7. The van der Waals surface area contributed by atoms with Crippen molar-refractivity contribution in [3.05, 3.63) is 139 Å². The zero-order chi connectivity index (χ0) is 26.9. The maximum atomic E-state index is 6.21. The Balaban J connectivity index is 1.28. The standard InChI is InChI=1S/C38H25NO2/c1-4-12-34-29(8-1)30-9-2-5-13-35(30)39(34)27-19-18-26-23-40-22-25-17-16-24(20-32(25)33(26)21-27)28-11-7-15-37-38(28)31-10-3-6-14-36(31)41-37/h1-21H,22-23H2. The molecule has 0 aliphatic carbocycles. The molecule has 0 saturated heterocycles. The molecule has 8 aromatic rings. The first-order valence-electron chi connectivity index (χ1n) is 14.1. The van der Waals surface area contributed by atoms with Crippen molar-refractivity contribution in [2.45, 2.75) is 13.2 Å². The highest BCUT2D eigenvalue weighted by molar-refractivity contribution is 6.12. The smallest absolute Gasteiger partial charge is 0.136 e. The summed E-state index contributed by atoms with van der Waals surface area (Å²) < 4.78 is 14.8. The molecule has 0 bridgehead atoms. The predicted molar refractivity (Wildman–Crippen MR) is 167 cm³/mol. The summed E-state index contributed by atoms with van der Waals surface area (Å²) in [4.78, 5) is 0. The van der Waals surface area contributed by atoms with Gasteiger partial charge in [-0.1, -0.05) is 84.9 Å². The molecule has 41 heavy (non-hydrogen) atoms. The molecular weight excluding hydrogens is 502 g/mol. The number of hydrogen-bond acceptors (Lipinski definition) is 2. The quantitative estimate of drug-likeness (QED) is 0.224. The van der Waals surface area contributed by atoms with E-state index >= 15 is 0 Å². The van der Waals surface area contributed by atoms with Crippen molar-refractivity contribution in [3.63, 3.8) is 0 Å². The third-order valence-corrected chi connectivity index (χ3v) is 8.56. The minimum Gasteiger partial charge on any atom is -0.456 e. The molecule has 1 aliphatic rings. The van der Waals surface area contributed by atoms with E-state index in [0.29, 0.717) is 13.2 Å². The van der Waals surface area contributed by atoms with Crippen molar-refractivity contribution in [1.82, 2.24) is 4.57 Å². The van der Waals surface area contributed by atoms with E-state index in [2.05, 4.69) is 120 Å². The van der Waals surface area contributed by atoms with Gasteiger partial charge in [0.1, 0.15) is 11.2 Å². The third-order valence-electron chi connectivity index (χ3n) is 8.56. The van der Waals surface area contributed by atoms with E-state index in [1.807, 2.05) is 12.1 Å². The minimum absolute atomic E-state index is 0.591. The van der Waals surface area contributed by atoms with Crippen molar-refractivity contribution in [2.75, 3.05) is 0 Å². The van der Waals surface area contributed by atoms with Crippen LogP contribution in [0.2, 0.25) is 0 Å². The van der Waals surface area contributed by atoms with E-state index in [4.69, 9.17) is 9.15 Å². The average molecular weight is 528 g/mol. The molecule has 1 aliphatic heterocycles. The molecule has 3 nitrogen and oxygen atoms in total. The summed E-state index contributed by atoms with van der Waals surface area (Å²) in [5.74, 6) is 0. The largest absolute Gasteiger partial charge is 0.456 e. The lowest BCUT2D eigenvalue weighted by Gasteiger charge is -2.15. The highest BCUT2D eigenvalue weighted by Gasteiger charge is 2.20. The zero-order valence-corrected chi connectivity index (χ0v) is 22.3. The predicted octanol–water partition coefficient (Wildman–Crippen LogP) is 10.0. The van der Waals surface area contributed by atoms with Crippen LogP contribution in [0.3, 0.4) is 0 Å². The summed E-state index contributed by atoms with van der Waals surface area (Å²) in [5, 5.41) is 4.84. The Labute approximate surface area is 236 Å². The van der Waals surface area contributed by atoms with Gasteiger partial charge in [-0.3, -0.25) is 0 Å². The number of furan rings is 1. The first-order chi connectivity index (χ1) is 20.3. The summed E-state index contributed by atoms with van der Waals surface area (Å²) in [5.41, 5.74) is 12.6.